The van der Waals surface area contributed by atoms with Crippen LogP contribution in [0.5, 0.6) is 11.5 Å². The van der Waals surface area contributed by atoms with Crippen LogP contribution in [0.25, 0.3) is 0 Å². The molecule has 60 heavy (non-hydrogen) atoms. The predicted molar refractivity (Wildman–Crippen MR) is 240 cm³/mol. The van der Waals surface area contributed by atoms with E-state index in [0.717, 1.165) is 121 Å². The monoisotopic (exact) mass is 848 g/mol. The van der Waals surface area contributed by atoms with Crippen molar-refractivity contribution in [3.63, 3.8) is 0 Å². The molecule has 0 bridgehead atoms. The standard InChI is InChI=1S/C49H85NO10/c1-7-11-15-19-23-27-46(51)59-38-42(60-47(52)28-24-20-16-12-8-2)30-32-58-44-34-39(37-50(5)6)33-43(36-44)57-31-29-40(45(49(55)56)26-22-18-14-10-4)35-41(48(53)54)25-21-17-13-9-3/h33-34,36,40-42,45H,7-32,35,37-38H2,1-6H3,(H,53,54)(H,55,56). The highest BCUT2D eigenvalue weighted by atomic mass is 16.6. The van der Waals surface area contributed by atoms with Crippen LogP contribution in [0, 0.1) is 17.8 Å². The summed E-state index contributed by atoms with van der Waals surface area (Å²) in [5.41, 5.74) is 0.959. The molecule has 0 radical (unpaired) electrons. The first-order chi connectivity index (χ1) is 28.9. The number of unbranched alkanes of at least 4 members (excludes halogenated alkanes) is 14. The van der Waals surface area contributed by atoms with Gasteiger partial charge in [0.15, 0.2) is 0 Å². The third kappa shape index (κ3) is 27.5. The van der Waals surface area contributed by atoms with Gasteiger partial charge in [-0.05, 0) is 76.2 Å². The zero-order chi connectivity index (χ0) is 44.4. The maximum absolute atomic E-state index is 12.8. The zero-order valence-electron chi connectivity index (χ0n) is 38.7. The number of hydrogen-bond donors (Lipinski definition) is 2. The van der Waals surface area contributed by atoms with Gasteiger partial charge in [0.25, 0.3) is 0 Å². The van der Waals surface area contributed by atoms with Gasteiger partial charge in [0, 0.05) is 31.9 Å². The fourth-order valence-electron chi connectivity index (χ4n) is 7.68. The fourth-order valence-corrected chi connectivity index (χ4v) is 7.68. The summed E-state index contributed by atoms with van der Waals surface area (Å²) in [4.78, 5) is 52.4. The molecule has 2 N–H and O–H groups in total. The molecule has 0 aromatic heterocycles. The van der Waals surface area contributed by atoms with Crippen LogP contribution in [0.1, 0.15) is 194 Å². The Bertz CT molecular complexity index is 1290. The maximum atomic E-state index is 12.8. The van der Waals surface area contributed by atoms with Crippen molar-refractivity contribution in [1.29, 1.82) is 0 Å². The van der Waals surface area contributed by atoms with Crippen LogP contribution in [-0.4, -0.2) is 79.0 Å². The van der Waals surface area contributed by atoms with E-state index < -0.39 is 29.9 Å². The number of ether oxygens (including phenoxy) is 4. The summed E-state index contributed by atoms with van der Waals surface area (Å²) >= 11 is 0. The molecule has 0 aliphatic heterocycles. The van der Waals surface area contributed by atoms with Gasteiger partial charge in [-0.2, -0.15) is 0 Å². The van der Waals surface area contributed by atoms with Gasteiger partial charge in [0.1, 0.15) is 24.2 Å². The average Bonchev–Trinajstić information content (AvgIpc) is 3.19. The molecule has 0 heterocycles. The molecule has 1 rings (SSSR count). The largest absolute Gasteiger partial charge is 0.493 e. The number of benzene rings is 1. The fraction of sp³-hybridized carbons (Fsp3) is 0.796. The summed E-state index contributed by atoms with van der Waals surface area (Å²) in [6.45, 7) is 9.60. The van der Waals surface area contributed by atoms with Crippen LogP contribution < -0.4 is 9.47 Å². The normalized spacial score (nSPS) is 13.4. The minimum atomic E-state index is -0.872. The van der Waals surface area contributed by atoms with E-state index in [1.165, 1.54) is 0 Å². The lowest BCUT2D eigenvalue weighted by Gasteiger charge is -2.27. The Labute approximate surface area is 364 Å². The average molecular weight is 848 g/mol. The molecule has 4 unspecified atom stereocenters. The minimum absolute atomic E-state index is 0.0215. The number of carbonyl (C=O) groups excluding carboxylic acids is 2. The zero-order valence-corrected chi connectivity index (χ0v) is 38.7. The summed E-state index contributed by atoms with van der Waals surface area (Å²) < 4.78 is 24.0. The molecule has 0 aliphatic carbocycles. The second-order valence-electron chi connectivity index (χ2n) is 17.1. The van der Waals surface area contributed by atoms with Crippen LogP contribution in [0.15, 0.2) is 18.2 Å². The molecule has 1 aromatic rings. The number of carboxylic acids is 2. The third-order valence-electron chi connectivity index (χ3n) is 11.2. The highest BCUT2D eigenvalue weighted by Crippen LogP contribution is 2.32. The van der Waals surface area contributed by atoms with E-state index in [-0.39, 0.29) is 37.7 Å². The van der Waals surface area contributed by atoms with Crippen molar-refractivity contribution in [3.8, 4) is 11.5 Å². The van der Waals surface area contributed by atoms with Crippen LogP contribution in [-0.2, 0) is 35.2 Å². The Balaban J connectivity index is 3.11. The number of carboxylic acid groups (broad SMARTS) is 2. The van der Waals surface area contributed by atoms with E-state index in [1.807, 2.05) is 31.1 Å². The van der Waals surface area contributed by atoms with E-state index in [9.17, 15) is 29.4 Å². The van der Waals surface area contributed by atoms with Gasteiger partial charge in [-0.25, -0.2) is 0 Å². The van der Waals surface area contributed by atoms with Gasteiger partial charge < -0.3 is 34.1 Å². The number of aliphatic carboxylic acids is 2. The SMILES string of the molecule is CCCCCCCC(=O)OCC(CCOc1cc(CN(C)C)cc(OCCC(CC(CCCCCC)C(=O)O)C(CCCCCC)C(=O)O)c1)OC(=O)CCCCCCC. The second kappa shape index (κ2) is 35.3. The van der Waals surface area contributed by atoms with Crippen LogP contribution in [0.2, 0.25) is 0 Å². The van der Waals surface area contributed by atoms with Crippen molar-refractivity contribution in [2.45, 2.75) is 201 Å². The molecule has 11 nitrogen and oxygen atoms in total. The Morgan fingerprint density at radius 3 is 1.60 bits per heavy atom. The molecule has 0 saturated heterocycles. The molecule has 1 aromatic carbocycles. The van der Waals surface area contributed by atoms with Gasteiger partial charge >= 0.3 is 23.9 Å². The highest BCUT2D eigenvalue weighted by Gasteiger charge is 2.32. The first-order valence-electron chi connectivity index (χ1n) is 23.8. The highest BCUT2D eigenvalue weighted by molar-refractivity contribution is 5.72. The summed E-state index contributed by atoms with van der Waals surface area (Å²) in [5, 5.41) is 20.5. The van der Waals surface area contributed by atoms with Crippen LogP contribution in [0.3, 0.4) is 0 Å². The molecule has 0 spiro atoms. The lowest BCUT2D eigenvalue weighted by molar-refractivity contribution is -0.160. The second-order valence-corrected chi connectivity index (χ2v) is 17.1. The Kier molecular flexibility index (Phi) is 32.1. The number of rotatable bonds is 40. The van der Waals surface area contributed by atoms with E-state index in [4.69, 9.17) is 18.9 Å². The van der Waals surface area contributed by atoms with Crippen molar-refractivity contribution in [3.05, 3.63) is 23.8 Å². The lowest BCUT2D eigenvalue weighted by atomic mass is 9.78. The third-order valence-corrected chi connectivity index (χ3v) is 11.2. The quantitative estimate of drug-likeness (QED) is 0.0480. The number of carbonyl (C=O) groups is 4. The van der Waals surface area contributed by atoms with Crippen LogP contribution >= 0.6 is 0 Å². The Hall–Kier alpha value is -3.34. The van der Waals surface area contributed by atoms with Gasteiger partial charge in [-0.3, -0.25) is 19.2 Å². The van der Waals surface area contributed by atoms with Crippen molar-refractivity contribution >= 4 is 23.9 Å². The lowest BCUT2D eigenvalue weighted by Crippen LogP contribution is -2.29. The Morgan fingerprint density at radius 1 is 0.583 bits per heavy atom. The molecule has 4 atom stereocenters. The minimum Gasteiger partial charge on any atom is -0.493 e. The van der Waals surface area contributed by atoms with Crippen molar-refractivity contribution in [2.75, 3.05) is 33.9 Å². The number of esters is 2. The number of hydrogen-bond acceptors (Lipinski definition) is 9. The Morgan fingerprint density at radius 2 is 1.08 bits per heavy atom. The summed E-state index contributed by atoms with van der Waals surface area (Å²) in [7, 11) is 3.95. The van der Waals surface area contributed by atoms with E-state index in [0.29, 0.717) is 63.0 Å². The molecule has 0 amide bonds. The smallest absolute Gasteiger partial charge is 0.306 e. The van der Waals surface area contributed by atoms with Gasteiger partial charge in [-0.1, -0.05) is 130 Å². The summed E-state index contributed by atoms with van der Waals surface area (Å²) in [6.07, 6.45) is 20.1. The summed E-state index contributed by atoms with van der Waals surface area (Å²) in [6, 6.07) is 5.69. The van der Waals surface area contributed by atoms with E-state index in [2.05, 4.69) is 27.7 Å². The van der Waals surface area contributed by atoms with Crippen molar-refractivity contribution in [1.82, 2.24) is 4.90 Å². The van der Waals surface area contributed by atoms with Gasteiger partial charge in [0.05, 0.1) is 25.0 Å². The van der Waals surface area contributed by atoms with Crippen molar-refractivity contribution in [2.24, 2.45) is 17.8 Å². The first-order valence-corrected chi connectivity index (χ1v) is 23.8. The van der Waals surface area contributed by atoms with Crippen LogP contribution in [0.4, 0.5) is 0 Å². The molecule has 0 fully saturated rings. The molecule has 0 saturated carbocycles. The topological polar surface area (TPSA) is 149 Å². The summed E-state index contributed by atoms with van der Waals surface area (Å²) in [5.74, 6) is -2.76. The molecular weight excluding hydrogens is 763 g/mol. The van der Waals surface area contributed by atoms with E-state index in [1.54, 1.807) is 6.07 Å². The molecule has 346 valence electrons. The van der Waals surface area contributed by atoms with Crippen molar-refractivity contribution < 1.29 is 48.3 Å². The predicted octanol–water partition coefficient (Wildman–Crippen LogP) is 11.8. The maximum Gasteiger partial charge on any atom is 0.306 e. The first kappa shape index (κ1) is 54.7. The van der Waals surface area contributed by atoms with Gasteiger partial charge in [-0.15, -0.1) is 0 Å². The van der Waals surface area contributed by atoms with E-state index >= 15 is 0 Å². The van der Waals surface area contributed by atoms with Gasteiger partial charge in [0.2, 0.25) is 0 Å². The molecule has 11 heteroatoms. The number of nitrogens with zero attached hydrogens (tertiary/aromatic N) is 1. The molecular formula is C49H85NO10. The molecule has 0 aliphatic rings.